The van der Waals surface area contributed by atoms with E-state index >= 15 is 0 Å². The van der Waals surface area contributed by atoms with Crippen LogP contribution in [0.25, 0.3) is 0 Å². The summed E-state index contributed by atoms with van der Waals surface area (Å²) in [5.74, 6) is 8.61. The van der Waals surface area contributed by atoms with Crippen LogP contribution in [0.4, 0.5) is 0 Å². The average molecular weight is 205 g/mol. The molecular weight excluding hydrogens is 182 g/mol. The zero-order chi connectivity index (χ0) is 12.5. The molecule has 0 saturated heterocycles. The lowest BCUT2D eigenvalue weighted by Crippen LogP contribution is -2.21. The maximum atomic E-state index is 4.70. The Labute approximate surface area is 96.3 Å². The van der Waals surface area contributed by atoms with Gasteiger partial charge in [-0.25, -0.2) is 0 Å². The number of hydrogen-bond donors (Lipinski definition) is 0. The van der Waals surface area contributed by atoms with Gasteiger partial charge in [0.15, 0.2) is 0 Å². The van der Waals surface area contributed by atoms with Crippen molar-refractivity contribution in [3.63, 3.8) is 0 Å². The smallest absolute Gasteiger partial charge is 0.00134 e. The van der Waals surface area contributed by atoms with Gasteiger partial charge in [0.25, 0.3) is 0 Å². The van der Waals surface area contributed by atoms with Crippen molar-refractivity contribution >= 4 is 0 Å². The van der Waals surface area contributed by atoms with Crippen molar-refractivity contribution in [1.82, 2.24) is 4.90 Å². The van der Waals surface area contributed by atoms with E-state index in [0.717, 1.165) is 0 Å². The molecule has 0 spiro atoms. The van der Waals surface area contributed by atoms with Crippen LogP contribution in [0.3, 0.4) is 0 Å². The molecule has 0 unspecified atom stereocenters. The summed E-state index contributed by atoms with van der Waals surface area (Å²) in [5.41, 5.74) is 0. The molecule has 0 aromatic rings. The van der Waals surface area contributed by atoms with Gasteiger partial charge in [0.05, 0.1) is 0 Å². The van der Waals surface area contributed by atoms with Gasteiger partial charge >= 0.3 is 0 Å². The monoisotopic (exact) mass is 205 g/mol. The Bertz CT molecular complexity index is 201. The van der Waals surface area contributed by atoms with E-state index in [4.69, 9.17) is 12.8 Å². The minimum absolute atomic E-state index is 1.19. The number of rotatable bonds is 3. The molecule has 15 heavy (non-hydrogen) atoms. The second-order valence-corrected chi connectivity index (χ2v) is 2.16. The summed E-state index contributed by atoms with van der Waals surface area (Å²) in [6.45, 7) is 14.1. The SMILES string of the molecule is C#CC#CC#C.CC.CCN(CC)CC. The first-order valence-electron chi connectivity index (χ1n) is 5.40. The molecule has 1 heteroatoms. The third kappa shape index (κ3) is 24.5. The summed E-state index contributed by atoms with van der Waals surface area (Å²) < 4.78 is 0. The van der Waals surface area contributed by atoms with E-state index in [0.29, 0.717) is 0 Å². The van der Waals surface area contributed by atoms with Crippen LogP contribution >= 0.6 is 0 Å². The largest absolute Gasteiger partial charge is 0.304 e. The molecule has 0 N–H and O–H groups in total. The Morgan fingerprint density at radius 1 is 0.800 bits per heavy atom. The molecule has 1 nitrogen and oxygen atoms in total. The van der Waals surface area contributed by atoms with E-state index in [1.165, 1.54) is 19.6 Å². The molecule has 0 aliphatic heterocycles. The van der Waals surface area contributed by atoms with Crippen LogP contribution in [0.5, 0.6) is 0 Å². The van der Waals surface area contributed by atoms with Crippen LogP contribution in [0, 0.1) is 36.5 Å². The zero-order valence-corrected chi connectivity index (χ0v) is 10.7. The van der Waals surface area contributed by atoms with Gasteiger partial charge in [-0.15, -0.1) is 12.8 Å². The summed E-state index contributed by atoms with van der Waals surface area (Å²) in [4.78, 5) is 2.38. The van der Waals surface area contributed by atoms with Gasteiger partial charge in [-0.3, -0.25) is 0 Å². The molecule has 0 radical (unpaired) electrons. The summed E-state index contributed by atoms with van der Waals surface area (Å²) in [5, 5.41) is 0. The maximum absolute atomic E-state index is 4.70. The number of terminal acetylenes is 2. The van der Waals surface area contributed by atoms with Gasteiger partial charge in [-0.05, 0) is 43.3 Å². The molecule has 0 aromatic carbocycles. The van der Waals surface area contributed by atoms with E-state index < -0.39 is 0 Å². The molecule has 0 atom stereocenters. The van der Waals surface area contributed by atoms with Crippen LogP contribution < -0.4 is 0 Å². The highest BCUT2D eigenvalue weighted by molar-refractivity contribution is 5.31. The molecule has 0 amide bonds. The van der Waals surface area contributed by atoms with E-state index in [1.54, 1.807) is 0 Å². The molecular formula is C14H23N. The molecule has 0 aliphatic rings. The average Bonchev–Trinajstić information content (AvgIpc) is 2.32. The normalized spacial score (nSPS) is 6.40. The topological polar surface area (TPSA) is 3.24 Å². The van der Waals surface area contributed by atoms with Crippen LogP contribution in [0.15, 0.2) is 0 Å². The van der Waals surface area contributed by atoms with Gasteiger partial charge in [-0.1, -0.05) is 34.6 Å². The first-order valence-corrected chi connectivity index (χ1v) is 5.40. The minimum Gasteiger partial charge on any atom is -0.304 e. The number of nitrogens with zero attached hydrogens (tertiary/aromatic N) is 1. The lowest BCUT2D eigenvalue weighted by atomic mass is 10.5. The molecule has 0 heterocycles. The Kier molecular flexibility index (Phi) is 29.4. The predicted octanol–water partition coefficient (Wildman–Crippen LogP) is 2.63. The highest BCUT2D eigenvalue weighted by Crippen LogP contribution is 1.81. The van der Waals surface area contributed by atoms with Crippen LogP contribution in [-0.4, -0.2) is 24.5 Å². The van der Waals surface area contributed by atoms with Crippen molar-refractivity contribution in [3.05, 3.63) is 0 Å². The Morgan fingerprint density at radius 2 is 1.07 bits per heavy atom. The standard InChI is InChI=1S/C6H15N.C6H2.C2H6/c1-4-7(5-2)6-3;1-3-5-6-4-2;1-2/h4-6H2,1-3H3;1-2H;1-2H3. The van der Waals surface area contributed by atoms with Crippen LogP contribution in [-0.2, 0) is 0 Å². The third-order valence-corrected chi connectivity index (χ3v) is 1.55. The van der Waals surface area contributed by atoms with Gasteiger partial charge in [-0.2, -0.15) is 0 Å². The van der Waals surface area contributed by atoms with Gasteiger partial charge in [0.1, 0.15) is 0 Å². The van der Waals surface area contributed by atoms with Gasteiger partial charge in [0.2, 0.25) is 0 Å². The van der Waals surface area contributed by atoms with E-state index in [1.807, 2.05) is 13.8 Å². The predicted molar refractivity (Wildman–Crippen MR) is 70.3 cm³/mol. The first-order chi connectivity index (χ1) is 7.26. The highest BCUT2D eigenvalue weighted by Gasteiger charge is 1.89. The summed E-state index contributed by atoms with van der Waals surface area (Å²) >= 11 is 0. The van der Waals surface area contributed by atoms with E-state index in [9.17, 15) is 0 Å². The van der Waals surface area contributed by atoms with Crippen molar-refractivity contribution in [2.45, 2.75) is 34.6 Å². The summed E-state index contributed by atoms with van der Waals surface area (Å²) in [6, 6.07) is 0. The zero-order valence-electron chi connectivity index (χ0n) is 10.7. The fraction of sp³-hybridized carbons (Fsp3) is 0.571. The lowest BCUT2D eigenvalue weighted by Gasteiger charge is -2.13. The molecule has 0 aliphatic carbocycles. The van der Waals surface area contributed by atoms with Crippen molar-refractivity contribution in [2.24, 2.45) is 0 Å². The third-order valence-electron chi connectivity index (χ3n) is 1.55. The van der Waals surface area contributed by atoms with Crippen molar-refractivity contribution in [1.29, 1.82) is 0 Å². The number of hydrogen-bond acceptors (Lipinski definition) is 1. The molecule has 0 saturated carbocycles. The van der Waals surface area contributed by atoms with Crippen molar-refractivity contribution < 1.29 is 0 Å². The van der Waals surface area contributed by atoms with E-state index in [-0.39, 0.29) is 0 Å². The summed E-state index contributed by atoms with van der Waals surface area (Å²) in [6.07, 6.45) is 9.39. The van der Waals surface area contributed by atoms with E-state index in [2.05, 4.69) is 49.4 Å². The first kappa shape index (κ1) is 19.2. The van der Waals surface area contributed by atoms with Crippen molar-refractivity contribution in [2.75, 3.05) is 19.6 Å². The Hall–Kier alpha value is -1.36. The van der Waals surface area contributed by atoms with Crippen LogP contribution in [0.1, 0.15) is 34.6 Å². The fourth-order valence-corrected chi connectivity index (χ4v) is 0.743. The molecule has 0 rings (SSSR count). The van der Waals surface area contributed by atoms with Gasteiger partial charge in [0, 0.05) is 0 Å². The lowest BCUT2D eigenvalue weighted by molar-refractivity contribution is 0.321. The van der Waals surface area contributed by atoms with Crippen LogP contribution in [0.2, 0.25) is 0 Å². The Balaban J connectivity index is -0.000000166. The molecule has 84 valence electrons. The Morgan fingerprint density at radius 3 is 1.13 bits per heavy atom. The molecule has 0 fully saturated rings. The fourth-order valence-electron chi connectivity index (χ4n) is 0.743. The second-order valence-electron chi connectivity index (χ2n) is 2.16. The molecule has 0 aromatic heterocycles. The maximum Gasteiger partial charge on any atom is -0.00134 e. The highest BCUT2D eigenvalue weighted by atomic mass is 15.1. The molecule has 0 bridgehead atoms. The quantitative estimate of drug-likeness (QED) is 0.640. The second kappa shape index (κ2) is 22.9. The summed E-state index contributed by atoms with van der Waals surface area (Å²) in [7, 11) is 0. The van der Waals surface area contributed by atoms with Gasteiger partial charge < -0.3 is 4.90 Å². The van der Waals surface area contributed by atoms with Crippen molar-refractivity contribution in [3.8, 4) is 36.5 Å². The minimum atomic E-state index is 1.19.